The first kappa shape index (κ1) is 15.2. The zero-order valence-electron chi connectivity index (χ0n) is 11.2. The predicted molar refractivity (Wildman–Crippen MR) is 80.7 cm³/mol. The standard InChI is InChI=1S/C13H23BrN2S/c1-5-9(3)16(6-2)12(8-15)13-7-11(14)10(4)17-13/h7,9,12H,5-6,8,15H2,1-4H3. The van der Waals surface area contributed by atoms with Gasteiger partial charge in [-0.25, -0.2) is 0 Å². The van der Waals surface area contributed by atoms with E-state index in [0.717, 1.165) is 13.0 Å². The van der Waals surface area contributed by atoms with Gasteiger partial charge in [-0.3, -0.25) is 4.90 Å². The minimum atomic E-state index is 0.352. The van der Waals surface area contributed by atoms with E-state index >= 15 is 0 Å². The average molecular weight is 319 g/mol. The van der Waals surface area contributed by atoms with E-state index in [1.165, 1.54) is 14.2 Å². The van der Waals surface area contributed by atoms with Crippen LogP contribution in [0.1, 0.15) is 43.0 Å². The second kappa shape index (κ2) is 6.88. The van der Waals surface area contributed by atoms with Crippen molar-refractivity contribution in [3.05, 3.63) is 20.3 Å². The molecule has 0 aliphatic carbocycles. The number of nitrogens with two attached hydrogens (primary N) is 1. The number of nitrogens with zero attached hydrogens (tertiary/aromatic N) is 1. The summed E-state index contributed by atoms with van der Waals surface area (Å²) >= 11 is 5.44. The van der Waals surface area contributed by atoms with Gasteiger partial charge in [0, 0.05) is 26.8 Å². The highest BCUT2D eigenvalue weighted by Gasteiger charge is 2.23. The van der Waals surface area contributed by atoms with E-state index in [1.54, 1.807) is 0 Å². The summed E-state index contributed by atoms with van der Waals surface area (Å²) in [4.78, 5) is 5.20. The number of rotatable bonds is 6. The number of halogens is 1. The van der Waals surface area contributed by atoms with Gasteiger partial charge >= 0.3 is 0 Å². The van der Waals surface area contributed by atoms with Crippen molar-refractivity contribution in [1.29, 1.82) is 0 Å². The average Bonchev–Trinajstić information content (AvgIpc) is 2.65. The first-order valence-corrected chi connectivity index (χ1v) is 7.87. The van der Waals surface area contributed by atoms with Gasteiger partial charge in [0.15, 0.2) is 0 Å². The van der Waals surface area contributed by atoms with Gasteiger partial charge in [-0.1, -0.05) is 13.8 Å². The van der Waals surface area contributed by atoms with Gasteiger partial charge in [0.2, 0.25) is 0 Å². The maximum Gasteiger partial charge on any atom is 0.0567 e. The number of hydrogen-bond acceptors (Lipinski definition) is 3. The van der Waals surface area contributed by atoms with Crippen molar-refractivity contribution in [2.24, 2.45) is 5.73 Å². The molecule has 0 bridgehead atoms. The van der Waals surface area contributed by atoms with E-state index in [0.29, 0.717) is 18.6 Å². The van der Waals surface area contributed by atoms with E-state index < -0.39 is 0 Å². The van der Waals surface area contributed by atoms with Crippen molar-refractivity contribution >= 4 is 27.3 Å². The first-order valence-electron chi connectivity index (χ1n) is 6.26. The molecule has 1 heterocycles. The molecular weight excluding hydrogens is 296 g/mol. The molecule has 98 valence electrons. The van der Waals surface area contributed by atoms with Gasteiger partial charge in [0.05, 0.1) is 6.04 Å². The molecule has 0 aromatic carbocycles. The van der Waals surface area contributed by atoms with Crippen molar-refractivity contribution < 1.29 is 0 Å². The fourth-order valence-electron chi connectivity index (χ4n) is 2.13. The fraction of sp³-hybridized carbons (Fsp3) is 0.692. The molecular formula is C13H23BrN2S. The van der Waals surface area contributed by atoms with Crippen LogP contribution >= 0.6 is 27.3 Å². The summed E-state index contributed by atoms with van der Waals surface area (Å²) < 4.78 is 1.20. The lowest BCUT2D eigenvalue weighted by Gasteiger charge is -2.34. The monoisotopic (exact) mass is 318 g/mol. The number of aryl methyl sites for hydroxylation is 1. The van der Waals surface area contributed by atoms with Gasteiger partial charge in [0.1, 0.15) is 0 Å². The van der Waals surface area contributed by atoms with Crippen LogP contribution in [0, 0.1) is 6.92 Å². The molecule has 0 radical (unpaired) electrons. The van der Waals surface area contributed by atoms with E-state index in [1.807, 2.05) is 11.3 Å². The Hall–Kier alpha value is 0.1000. The number of likely N-dealkylation sites (N-methyl/N-ethyl adjacent to an activating group) is 1. The second-order valence-corrected chi connectivity index (χ2v) is 6.53. The Morgan fingerprint density at radius 1 is 1.47 bits per heavy atom. The Morgan fingerprint density at radius 3 is 2.47 bits per heavy atom. The number of hydrogen-bond donors (Lipinski definition) is 1. The zero-order valence-corrected chi connectivity index (χ0v) is 13.6. The Labute approximate surface area is 117 Å². The molecule has 0 saturated carbocycles. The van der Waals surface area contributed by atoms with Crippen molar-refractivity contribution in [3.63, 3.8) is 0 Å². The third-order valence-corrected chi connectivity index (χ3v) is 5.59. The largest absolute Gasteiger partial charge is 0.329 e. The van der Waals surface area contributed by atoms with E-state index in [9.17, 15) is 0 Å². The Morgan fingerprint density at radius 2 is 2.12 bits per heavy atom. The first-order chi connectivity index (χ1) is 8.04. The van der Waals surface area contributed by atoms with Gasteiger partial charge in [-0.2, -0.15) is 0 Å². The van der Waals surface area contributed by atoms with E-state index in [-0.39, 0.29) is 0 Å². The summed E-state index contributed by atoms with van der Waals surface area (Å²) in [6.07, 6.45) is 1.16. The van der Waals surface area contributed by atoms with Crippen LogP contribution < -0.4 is 5.73 Å². The van der Waals surface area contributed by atoms with Crippen LogP contribution in [0.2, 0.25) is 0 Å². The van der Waals surface area contributed by atoms with E-state index in [4.69, 9.17) is 5.73 Å². The van der Waals surface area contributed by atoms with Crippen molar-refractivity contribution in [2.45, 2.75) is 46.2 Å². The molecule has 1 aromatic heterocycles. The summed E-state index contributed by atoms with van der Waals surface area (Å²) in [7, 11) is 0. The molecule has 2 N–H and O–H groups in total. The maximum atomic E-state index is 5.98. The minimum absolute atomic E-state index is 0.352. The number of thiophene rings is 1. The summed E-state index contributed by atoms with van der Waals surface area (Å²) in [5.41, 5.74) is 5.98. The van der Waals surface area contributed by atoms with Gasteiger partial charge < -0.3 is 5.73 Å². The Kier molecular flexibility index (Phi) is 6.13. The molecule has 0 fully saturated rings. The van der Waals surface area contributed by atoms with Gasteiger partial charge in [-0.15, -0.1) is 11.3 Å². The molecule has 2 unspecified atom stereocenters. The quantitative estimate of drug-likeness (QED) is 0.860. The second-order valence-electron chi connectivity index (χ2n) is 4.39. The SMILES string of the molecule is CCC(C)N(CC)C(CN)c1cc(Br)c(C)s1. The minimum Gasteiger partial charge on any atom is -0.329 e. The summed E-state index contributed by atoms with van der Waals surface area (Å²) in [5, 5.41) is 0. The molecule has 4 heteroatoms. The molecule has 0 saturated heterocycles. The summed E-state index contributed by atoms with van der Waals surface area (Å²) in [6, 6.07) is 3.16. The molecule has 0 aliphatic heterocycles. The molecule has 0 amide bonds. The topological polar surface area (TPSA) is 29.3 Å². The molecule has 2 atom stereocenters. The molecule has 0 spiro atoms. The van der Waals surface area contributed by atoms with Gasteiger partial charge in [0.25, 0.3) is 0 Å². The lowest BCUT2D eigenvalue weighted by molar-refractivity contribution is 0.154. The molecule has 1 rings (SSSR count). The normalized spacial score (nSPS) is 15.2. The smallest absolute Gasteiger partial charge is 0.0567 e. The summed E-state index contributed by atoms with van der Waals surface area (Å²) in [5.74, 6) is 0. The predicted octanol–water partition coefficient (Wildman–Crippen LogP) is 3.94. The van der Waals surface area contributed by atoms with Crippen molar-refractivity contribution in [3.8, 4) is 0 Å². The zero-order chi connectivity index (χ0) is 13.0. The molecule has 2 nitrogen and oxygen atoms in total. The van der Waals surface area contributed by atoms with Crippen molar-refractivity contribution in [1.82, 2.24) is 4.90 Å². The third kappa shape index (κ3) is 3.53. The molecule has 17 heavy (non-hydrogen) atoms. The van der Waals surface area contributed by atoms with Crippen LogP contribution in [-0.4, -0.2) is 24.0 Å². The fourth-order valence-corrected chi connectivity index (χ4v) is 3.83. The molecule has 1 aromatic rings. The lowest BCUT2D eigenvalue weighted by atomic mass is 10.1. The highest BCUT2D eigenvalue weighted by Crippen LogP contribution is 2.33. The Bertz CT molecular complexity index is 332. The maximum absolute atomic E-state index is 5.98. The van der Waals surface area contributed by atoms with Crippen LogP contribution in [0.4, 0.5) is 0 Å². The summed E-state index contributed by atoms with van der Waals surface area (Å²) in [6.45, 7) is 10.6. The van der Waals surface area contributed by atoms with Crippen LogP contribution in [0.25, 0.3) is 0 Å². The van der Waals surface area contributed by atoms with Gasteiger partial charge in [-0.05, 0) is 48.8 Å². The van der Waals surface area contributed by atoms with Crippen LogP contribution in [-0.2, 0) is 0 Å². The third-order valence-electron chi connectivity index (χ3n) is 3.35. The van der Waals surface area contributed by atoms with Crippen molar-refractivity contribution in [2.75, 3.05) is 13.1 Å². The van der Waals surface area contributed by atoms with E-state index in [2.05, 4.69) is 54.6 Å². The Balaban J connectivity index is 2.96. The lowest BCUT2D eigenvalue weighted by Crippen LogP contribution is -2.39. The van der Waals surface area contributed by atoms with Crippen LogP contribution in [0.15, 0.2) is 10.5 Å². The molecule has 0 aliphatic rings. The van der Waals surface area contributed by atoms with Crippen LogP contribution in [0.3, 0.4) is 0 Å². The highest BCUT2D eigenvalue weighted by atomic mass is 79.9. The van der Waals surface area contributed by atoms with Crippen LogP contribution in [0.5, 0.6) is 0 Å². The highest BCUT2D eigenvalue weighted by molar-refractivity contribution is 9.10.